The maximum absolute atomic E-state index is 12.9. The van der Waals surface area contributed by atoms with Gasteiger partial charge in [-0.2, -0.15) is 5.10 Å². The summed E-state index contributed by atoms with van der Waals surface area (Å²) in [5, 5.41) is 16.8. The van der Waals surface area contributed by atoms with E-state index in [0.717, 1.165) is 10.2 Å². The zero-order chi connectivity index (χ0) is 20.3. The summed E-state index contributed by atoms with van der Waals surface area (Å²) in [6.45, 7) is 0. The Morgan fingerprint density at radius 3 is 2.43 bits per heavy atom. The molecule has 0 fully saturated rings. The molecule has 0 aliphatic rings. The third kappa shape index (κ3) is 3.85. The van der Waals surface area contributed by atoms with Gasteiger partial charge in [0.05, 0.1) is 12.5 Å². The maximum atomic E-state index is 12.9. The molecule has 0 spiro atoms. The van der Waals surface area contributed by atoms with Gasteiger partial charge in [0, 0.05) is 18.9 Å². The molecule has 0 aliphatic heterocycles. The van der Waals surface area contributed by atoms with Crippen LogP contribution in [0.4, 0.5) is 0 Å². The monoisotopic (exact) mass is 381 g/mol. The van der Waals surface area contributed by atoms with Crippen LogP contribution in [-0.2, 0) is 23.0 Å². The molecule has 1 unspecified atom stereocenters. The van der Waals surface area contributed by atoms with E-state index in [1.807, 2.05) is 0 Å². The largest absolute Gasteiger partial charge is 0.508 e. The van der Waals surface area contributed by atoms with E-state index in [4.69, 9.17) is 4.74 Å². The molecule has 8 heteroatoms. The lowest BCUT2D eigenvalue weighted by molar-refractivity contribution is -0.142. The molecule has 2 aromatic carbocycles. The van der Waals surface area contributed by atoms with Gasteiger partial charge in [0.15, 0.2) is 5.69 Å². The summed E-state index contributed by atoms with van der Waals surface area (Å²) in [5.74, 6) is -1.11. The number of hydrogen-bond donors (Lipinski definition) is 2. The first kappa shape index (κ1) is 19.1. The lowest BCUT2D eigenvalue weighted by Gasteiger charge is -2.17. The predicted molar refractivity (Wildman–Crippen MR) is 102 cm³/mol. The van der Waals surface area contributed by atoms with Crippen molar-refractivity contribution < 1.29 is 19.4 Å². The summed E-state index contributed by atoms with van der Waals surface area (Å²) in [6, 6.07) is 12.0. The van der Waals surface area contributed by atoms with Crippen LogP contribution in [0.15, 0.2) is 53.3 Å². The fraction of sp³-hybridized carbons (Fsp3) is 0.200. The molecule has 2 N–H and O–H groups in total. The Morgan fingerprint density at radius 1 is 1.14 bits per heavy atom. The maximum Gasteiger partial charge on any atom is 0.328 e. The third-order valence-electron chi connectivity index (χ3n) is 4.34. The van der Waals surface area contributed by atoms with Crippen LogP contribution in [0.25, 0.3) is 10.8 Å². The molecule has 0 radical (unpaired) electrons. The lowest BCUT2D eigenvalue weighted by atomic mass is 10.0. The van der Waals surface area contributed by atoms with Crippen molar-refractivity contribution in [2.45, 2.75) is 12.5 Å². The highest BCUT2D eigenvalue weighted by Gasteiger charge is 2.25. The zero-order valence-corrected chi connectivity index (χ0v) is 15.4. The van der Waals surface area contributed by atoms with Crippen molar-refractivity contribution in [3.63, 3.8) is 0 Å². The topological polar surface area (TPSA) is 111 Å². The molecule has 1 heterocycles. The number of amides is 1. The number of carbonyl (C=O) groups excluding carboxylic acids is 2. The van der Waals surface area contributed by atoms with Crippen molar-refractivity contribution in [3.8, 4) is 5.75 Å². The number of aryl methyl sites for hydroxylation is 1. The van der Waals surface area contributed by atoms with Crippen LogP contribution < -0.4 is 10.9 Å². The summed E-state index contributed by atoms with van der Waals surface area (Å²) >= 11 is 0. The second-order valence-electron chi connectivity index (χ2n) is 6.24. The van der Waals surface area contributed by atoms with Crippen LogP contribution >= 0.6 is 0 Å². The van der Waals surface area contributed by atoms with Crippen molar-refractivity contribution in [3.05, 3.63) is 70.1 Å². The van der Waals surface area contributed by atoms with E-state index < -0.39 is 17.9 Å². The van der Waals surface area contributed by atoms with E-state index in [9.17, 15) is 19.5 Å². The standard InChI is InChI=1S/C20H19N3O5/c1-23-19(26)15-6-4-3-5-14(15)17(22-23)18(25)21-16(20(27)28-2)11-12-7-9-13(24)10-8-12/h3-10,16,24H,11H2,1-2H3,(H,21,25). The van der Waals surface area contributed by atoms with Crippen LogP contribution in [0.5, 0.6) is 5.75 Å². The Hall–Kier alpha value is -3.68. The van der Waals surface area contributed by atoms with Gasteiger partial charge < -0.3 is 15.2 Å². The van der Waals surface area contributed by atoms with Crippen LogP contribution in [0.1, 0.15) is 16.1 Å². The molecule has 1 amide bonds. The number of nitrogens with zero attached hydrogens (tertiary/aromatic N) is 2. The van der Waals surface area contributed by atoms with Gasteiger partial charge in [0.2, 0.25) is 0 Å². The lowest BCUT2D eigenvalue weighted by Crippen LogP contribution is -2.44. The molecular weight excluding hydrogens is 362 g/mol. The number of ether oxygens (including phenoxy) is 1. The minimum Gasteiger partial charge on any atom is -0.508 e. The number of phenols is 1. The molecule has 28 heavy (non-hydrogen) atoms. The van der Waals surface area contributed by atoms with Crippen molar-refractivity contribution in [2.24, 2.45) is 7.05 Å². The molecule has 0 saturated heterocycles. The van der Waals surface area contributed by atoms with Crippen molar-refractivity contribution >= 4 is 22.6 Å². The summed E-state index contributed by atoms with van der Waals surface area (Å²) in [5.41, 5.74) is 0.449. The number of phenolic OH excluding ortho intramolecular Hbond substituents is 1. The Kier molecular flexibility index (Phi) is 5.39. The van der Waals surface area contributed by atoms with Gasteiger partial charge in [-0.15, -0.1) is 0 Å². The fourth-order valence-corrected chi connectivity index (χ4v) is 2.90. The molecule has 144 valence electrons. The second-order valence-corrected chi connectivity index (χ2v) is 6.24. The number of aromatic nitrogens is 2. The molecule has 3 aromatic rings. The minimum atomic E-state index is -0.958. The van der Waals surface area contributed by atoms with Gasteiger partial charge in [-0.05, 0) is 23.8 Å². The number of benzene rings is 2. The molecule has 1 atom stereocenters. The number of aromatic hydroxyl groups is 1. The summed E-state index contributed by atoms with van der Waals surface area (Å²) in [6.07, 6.45) is 0.169. The van der Waals surface area contributed by atoms with E-state index >= 15 is 0 Å². The van der Waals surface area contributed by atoms with E-state index in [0.29, 0.717) is 10.8 Å². The SMILES string of the molecule is COC(=O)C(Cc1ccc(O)cc1)NC(=O)c1nn(C)c(=O)c2ccccc12. The first-order valence-corrected chi connectivity index (χ1v) is 8.53. The smallest absolute Gasteiger partial charge is 0.328 e. The Bertz CT molecular complexity index is 1090. The van der Waals surface area contributed by atoms with Crippen molar-refractivity contribution in [2.75, 3.05) is 7.11 Å². The van der Waals surface area contributed by atoms with E-state index in [-0.39, 0.29) is 23.4 Å². The molecule has 1 aromatic heterocycles. The zero-order valence-electron chi connectivity index (χ0n) is 15.4. The number of hydrogen-bond acceptors (Lipinski definition) is 6. The third-order valence-corrected chi connectivity index (χ3v) is 4.34. The number of esters is 1. The van der Waals surface area contributed by atoms with Crippen LogP contribution in [-0.4, -0.2) is 39.9 Å². The first-order valence-electron chi connectivity index (χ1n) is 8.53. The van der Waals surface area contributed by atoms with Gasteiger partial charge in [-0.25, -0.2) is 9.48 Å². The molecule has 0 aliphatic carbocycles. The minimum absolute atomic E-state index is 0.0392. The first-order chi connectivity index (χ1) is 13.4. The quantitative estimate of drug-likeness (QED) is 0.642. The van der Waals surface area contributed by atoms with Gasteiger partial charge >= 0.3 is 5.97 Å². The number of nitrogens with one attached hydrogen (secondary N) is 1. The van der Waals surface area contributed by atoms with Crippen molar-refractivity contribution in [1.82, 2.24) is 15.1 Å². The summed E-state index contributed by atoms with van der Waals surface area (Å²) in [7, 11) is 2.69. The fourth-order valence-electron chi connectivity index (χ4n) is 2.90. The predicted octanol–water partition coefficient (Wildman–Crippen LogP) is 1.15. The highest BCUT2D eigenvalue weighted by molar-refractivity contribution is 6.05. The van der Waals surface area contributed by atoms with Crippen molar-refractivity contribution in [1.29, 1.82) is 0 Å². The normalized spacial score (nSPS) is 11.8. The number of carbonyl (C=O) groups is 2. The van der Waals surface area contributed by atoms with E-state index in [1.165, 1.54) is 26.3 Å². The number of methoxy groups -OCH3 is 1. The van der Waals surface area contributed by atoms with Gasteiger partial charge in [0.1, 0.15) is 11.8 Å². The summed E-state index contributed by atoms with van der Waals surface area (Å²) in [4.78, 5) is 37.3. The highest BCUT2D eigenvalue weighted by Crippen LogP contribution is 2.15. The highest BCUT2D eigenvalue weighted by atomic mass is 16.5. The van der Waals surface area contributed by atoms with E-state index in [1.54, 1.807) is 36.4 Å². The number of fused-ring (bicyclic) bond motifs is 1. The molecule has 8 nitrogen and oxygen atoms in total. The average Bonchev–Trinajstić information content (AvgIpc) is 2.71. The van der Waals surface area contributed by atoms with Gasteiger partial charge in [-0.1, -0.05) is 30.3 Å². The molecule has 3 rings (SSSR count). The Labute approximate surface area is 160 Å². The molecular formula is C20H19N3O5. The molecule has 0 bridgehead atoms. The number of rotatable bonds is 5. The van der Waals surface area contributed by atoms with Gasteiger partial charge in [-0.3, -0.25) is 9.59 Å². The average molecular weight is 381 g/mol. The molecule has 0 saturated carbocycles. The second kappa shape index (κ2) is 7.91. The van der Waals surface area contributed by atoms with Gasteiger partial charge in [0.25, 0.3) is 11.5 Å². The Balaban J connectivity index is 1.93. The van der Waals surface area contributed by atoms with E-state index in [2.05, 4.69) is 10.4 Å². The van der Waals surface area contributed by atoms with Crippen LogP contribution in [0.2, 0.25) is 0 Å². The van der Waals surface area contributed by atoms with Crippen LogP contribution in [0.3, 0.4) is 0 Å². The van der Waals surface area contributed by atoms with Crippen LogP contribution in [0, 0.1) is 0 Å². The summed E-state index contributed by atoms with van der Waals surface area (Å²) < 4.78 is 5.88. The Morgan fingerprint density at radius 2 is 1.79 bits per heavy atom.